The minimum atomic E-state index is 0.418. The number of nitrogens with zero attached hydrogens (tertiary/aromatic N) is 2. The van der Waals surface area contributed by atoms with E-state index in [1.165, 1.54) is 6.39 Å². The SMILES string of the molecule is CN=C(/C=C\C(=N)c1ccccc1-c1c(-c2ccccc2-c2ccc3ocnc3c2)ccc2ccccc12)c1ccccc1. The normalized spacial score (nSPS) is 11.9. The van der Waals surface area contributed by atoms with Crippen LogP contribution in [-0.2, 0) is 0 Å². The number of allylic oxidation sites excluding steroid dienone is 2. The zero-order valence-electron chi connectivity index (χ0n) is 24.2. The second kappa shape index (κ2) is 11.8. The highest BCUT2D eigenvalue weighted by Crippen LogP contribution is 2.43. The fourth-order valence-electron chi connectivity index (χ4n) is 5.88. The highest BCUT2D eigenvalue weighted by atomic mass is 16.3. The van der Waals surface area contributed by atoms with E-state index in [4.69, 9.17) is 4.42 Å². The largest absolute Gasteiger partial charge is 0.443 e. The molecule has 44 heavy (non-hydrogen) atoms. The summed E-state index contributed by atoms with van der Waals surface area (Å²) < 4.78 is 5.51. The molecule has 0 radical (unpaired) electrons. The summed E-state index contributed by atoms with van der Waals surface area (Å²) in [5.74, 6) is 0. The lowest BCUT2D eigenvalue weighted by molar-refractivity contribution is 0.602. The van der Waals surface area contributed by atoms with Gasteiger partial charge >= 0.3 is 0 Å². The molecule has 0 saturated heterocycles. The van der Waals surface area contributed by atoms with E-state index in [2.05, 4.69) is 94.9 Å². The van der Waals surface area contributed by atoms with Gasteiger partial charge in [0.2, 0.25) is 0 Å². The van der Waals surface area contributed by atoms with E-state index in [0.29, 0.717) is 5.71 Å². The number of oxazole rings is 1. The van der Waals surface area contributed by atoms with Gasteiger partial charge in [-0.05, 0) is 74.0 Å². The number of fused-ring (bicyclic) bond motifs is 2. The Labute approximate surface area is 256 Å². The summed E-state index contributed by atoms with van der Waals surface area (Å²) >= 11 is 0. The minimum Gasteiger partial charge on any atom is -0.443 e. The first-order valence-corrected chi connectivity index (χ1v) is 14.5. The van der Waals surface area contributed by atoms with Crippen molar-refractivity contribution in [3.05, 3.63) is 163 Å². The summed E-state index contributed by atoms with van der Waals surface area (Å²) in [6.45, 7) is 0. The van der Waals surface area contributed by atoms with Gasteiger partial charge in [-0.15, -0.1) is 0 Å². The lowest BCUT2D eigenvalue weighted by Gasteiger charge is -2.19. The van der Waals surface area contributed by atoms with Crippen LogP contribution >= 0.6 is 0 Å². The molecule has 4 nitrogen and oxygen atoms in total. The van der Waals surface area contributed by atoms with Crippen molar-refractivity contribution in [2.45, 2.75) is 0 Å². The molecule has 0 fully saturated rings. The molecule has 0 unspecified atom stereocenters. The third kappa shape index (κ3) is 5.03. The molecule has 0 atom stereocenters. The van der Waals surface area contributed by atoms with E-state index >= 15 is 0 Å². The number of aliphatic imine (C=N–C) groups is 1. The van der Waals surface area contributed by atoms with Crippen molar-refractivity contribution >= 4 is 33.3 Å². The minimum absolute atomic E-state index is 0.418. The average Bonchev–Trinajstić information content (AvgIpc) is 3.57. The van der Waals surface area contributed by atoms with E-state index in [0.717, 1.165) is 72.1 Å². The fraction of sp³-hybridized carbons (Fsp3) is 0.0250. The Morgan fingerprint density at radius 2 is 1.41 bits per heavy atom. The first kappa shape index (κ1) is 27.0. The van der Waals surface area contributed by atoms with Crippen LogP contribution in [0.3, 0.4) is 0 Å². The van der Waals surface area contributed by atoms with Crippen LogP contribution in [0.2, 0.25) is 0 Å². The Bertz CT molecular complexity index is 2210. The van der Waals surface area contributed by atoms with Crippen molar-refractivity contribution in [2.24, 2.45) is 4.99 Å². The van der Waals surface area contributed by atoms with Crippen LogP contribution in [-0.4, -0.2) is 23.5 Å². The first-order chi connectivity index (χ1) is 21.7. The molecule has 1 N–H and O–H groups in total. The Balaban J connectivity index is 1.40. The van der Waals surface area contributed by atoms with Gasteiger partial charge in [0.15, 0.2) is 12.0 Å². The molecule has 0 amide bonds. The highest BCUT2D eigenvalue weighted by Gasteiger charge is 2.19. The predicted octanol–water partition coefficient (Wildman–Crippen LogP) is 10.0. The Morgan fingerprint density at radius 3 is 2.25 bits per heavy atom. The summed E-state index contributed by atoms with van der Waals surface area (Å²) in [6, 6.07) is 45.7. The Morgan fingerprint density at radius 1 is 0.682 bits per heavy atom. The van der Waals surface area contributed by atoms with E-state index in [9.17, 15) is 5.41 Å². The van der Waals surface area contributed by atoms with Gasteiger partial charge in [0, 0.05) is 12.6 Å². The van der Waals surface area contributed by atoms with Gasteiger partial charge in [0.05, 0.1) is 11.4 Å². The number of aromatic nitrogens is 1. The molecule has 0 aliphatic heterocycles. The van der Waals surface area contributed by atoms with Crippen molar-refractivity contribution in [3.8, 4) is 33.4 Å². The van der Waals surface area contributed by atoms with Crippen molar-refractivity contribution in [1.82, 2.24) is 4.98 Å². The van der Waals surface area contributed by atoms with E-state index in [1.807, 2.05) is 60.7 Å². The smallest absolute Gasteiger partial charge is 0.181 e. The van der Waals surface area contributed by atoms with Crippen LogP contribution in [0.1, 0.15) is 11.1 Å². The van der Waals surface area contributed by atoms with Gasteiger partial charge in [0.1, 0.15) is 5.52 Å². The molecular formula is C40H29N3O. The third-order valence-electron chi connectivity index (χ3n) is 7.99. The number of nitrogens with one attached hydrogen (secondary N) is 1. The second-order valence-electron chi connectivity index (χ2n) is 10.6. The first-order valence-electron chi connectivity index (χ1n) is 14.5. The van der Waals surface area contributed by atoms with Crippen LogP contribution in [0.4, 0.5) is 0 Å². The summed E-state index contributed by atoms with van der Waals surface area (Å²) in [7, 11) is 1.78. The van der Waals surface area contributed by atoms with Gasteiger partial charge in [0.25, 0.3) is 0 Å². The van der Waals surface area contributed by atoms with E-state index in [-0.39, 0.29) is 0 Å². The molecule has 0 bridgehead atoms. The van der Waals surface area contributed by atoms with Crippen LogP contribution in [0.5, 0.6) is 0 Å². The number of benzene rings is 6. The van der Waals surface area contributed by atoms with Crippen LogP contribution < -0.4 is 0 Å². The summed E-state index contributed by atoms with van der Waals surface area (Å²) in [4.78, 5) is 8.87. The van der Waals surface area contributed by atoms with Gasteiger partial charge in [-0.3, -0.25) is 4.99 Å². The quantitative estimate of drug-likeness (QED) is 0.195. The standard InChI is InChI=1S/C40H29N3O/c1-42-37(28-12-3-2-4-13-28)23-22-36(41)33-17-9-10-18-34(33)40-31-15-6-5-11-27(31)19-21-35(40)32-16-8-7-14-30(32)29-20-24-39-38(25-29)43-26-44-39/h2-26,41H,1H3/b23-22-,41-36?,42-37?. The fourth-order valence-corrected chi connectivity index (χ4v) is 5.88. The lowest BCUT2D eigenvalue weighted by Crippen LogP contribution is -2.02. The molecule has 1 heterocycles. The topological polar surface area (TPSA) is 62.2 Å². The average molecular weight is 568 g/mol. The maximum absolute atomic E-state index is 9.21. The molecule has 7 rings (SSSR count). The molecule has 6 aromatic carbocycles. The van der Waals surface area contributed by atoms with Gasteiger partial charge in [-0.1, -0.05) is 121 Å². The van der Waals surface area contributed by atoms with Crippen molar-refractivity contribution in [2.75, 3.05) is 7.05 Å². The molecule has 0 aliphatic rings. The number of hydrogen-bond donors (Lipinski definition) is 1. The molecule has 210 valence electrons. The zero-order chi connectivity index (χ0) is 29.9. The monoisotopic (exact) mass is 567 g/mol. The lowest BCUT2D eigenvalue weighted by atomic mass is 9.84. The highest BCUT2D eigenvalue weighted by molar-refractivity contribution is 6.18. The van der Waals surface area contributed by atoms with Crippen molar-refractivity contribution in [1.29, 1.82) is 5.41 Å². The van der Waals surface area contributed by atoms with Gasteiger partial charge < -0.3 is 9.83 Å². The molecule has 0 aliphatic carbocycles. The number of rotatable bonds is 7. The third-order valence-corrected chi connectivity index (χ3v) is 7.99. The maximum Gasteiger partial charge on any atom is 0.181 e. The van der Waals surface area contributed by atoms with Gasteiger partial charge in [-0.25, -0.2) is 4.98 Å². The van der Waals surface area contributed by atoms with E-state index < -0.39 is 0 Å². The Kier molecular flexibility index (Phi) is 7.23. The summed E-state index contributed by atoms with van der Waals surface area (Å²) in [6.07, 6.45) is 5.26. The molecule has 4 heteroatoms. The summed E-state index contributed by atoms with van der Waals surface area (Å²) in [5.41, 5.74) is 11.2. The maximum atomic E-state index is 9.21. The molecule has 7 aromatic rings. The Hall–Kier alpha value is -5.87. The molecule has 1 aromatic heterocycles. The molecule has 0 saturated carbocycles. The van der Waals surface area contributed by atoms with Crippen LogP contribution in [0.25, 0.3) is 55.3 Å². The summed E-state index contributed by atoms with van der Waals surface area (Å²) in [5, 5.41) is 11.5. The van der Waals surface area contributed by atoms with Crippen molar-refractivity contribution < 1.29 is 4.42 Å². The van der Waals surface area contributed by atoms with Crippen LogP contribution in [0, 0.1) is 5.41 Å². The van der Waals surface area contributed by atoms with Crippen LogP contribution in [0.15, 0.2) is 161 Å². The number of hydrogen-bond acceptors (Lipinski definition) is 4. The van der Waals surface area contributed by atoms with E-state index in [1.54, 1.807) is 7.05 Å². The second-order valence-corrected chi connectivity index (χ2v) is 10.6. The zero-order valence-corrected chi connectivity index (χ0v) is 24.2. The molecule has 0 spiro atoms. The predicted molar refractivity (Wildman–Crippen MR) is 183 cm³/mol. The van der Waals surface area contributed by atoms with Gasteiger partial charge in [-0.2, -0.15) is 0 Å². The van der Waals surface area contributed by atoms with Crippen molar-refractivity contribution in [3.63, 3.8) is 0 Å². The molecular weight excluding hydrogens is 538 g/mol.